The van der Waals surface area contributed by atoms with Crippen LogP contribution < -0.4 is 9.47 Å². The van der Waals surface area contributed by atoms with Crippen molar-refractivity contribution in [1.82, 2.24) is 0 Å². The van der Waals surface area contributed by atoms with Crippen molar-refractivity contribution in [2.45, 2.75) is 58.0 Å². The van der Waals surface area contributed by atoms with Crippen LogP contribution >= 0.6 is 15.9 Å². The lowest BCUT2D eigenvalue weighted by molar-refractivity contribution is -0.117. The Morgan fingerprint density at radius 2 is 1.56 bits per heavy atom. The fraction of sp³-hybridized carbons (Fsp3) is 0.357. The van der Waals surface area contributed by atoms with Gasteiger partial charge in [-0.2, -0.15) is 0 Å². The van der Waals surface area contributed by atoms with Gasteiger partial charge in [-0.3, -0.25) is 9.59 Å². The van der Waals surface area contributed by atoms with Gasteiger partial charge < -0.3 is 14.2 Å². The number of ketones is 2. The molecule has 0 N–H and O–H groups in total. The summed E-state index contributed by atoms with van der Waals surface area (Å²) in [6, 6.07) is 13.7. The van der Waals surface area contributed by atoms with E-state index in [0.29, 0.717) is 48.7 Å². The maximum Gasteiger partial charge on any atom is 0.163 e. The molecule has 2 aromatic rings. The van der Waals surface area contributed by atoms with Crippen LogP contribution in [0.2, 0.25) is 0 Å². The Labute approximate surface area is 207 Å². The number of halogens is 1. The Hall–Kier alpha value is -2.86. The van der Waals surface area contributed by atoms with Gasteiger partial charge in [0, 0.05) is 52.8 Å². The Morgan fingerprint density at radius 1 is 0.882 bits per heavy atom. The molecule has 2 aromatic carbocycles. The van der Waals surface area contributed by atoms with Gasteiger partial charge in [0.1, 0.15) is 18.1 Å². The molecule has 0 saturated carbocycles. The highest BCUT2D eigenvalue weighted by atomic mass is 79.9. The second-order valence-corrected chi connectivity index (χ2v) is 9.64. The summed E-state index contributed by atoms with van der Waals surface area (Å²) in [7, 11) is 0. The number of benzene rings is 2. The van der Waals surface area contributed by atoms with Crippen molar-refractivity contribution in [2.75, 3.05) is 6.61 Å². The van der Waals surface area contributed by atoms with E-state index < -0.39 is 5.92 Å². The van der Waals surface area contributed by atoms with E-state index in [2.05, 4.69) is 15.9 Å². The fourth-order valence-corrected chi connectivity index (χ4v) is 5.41. The quantitative estimate of drug-likeness (QED) is 0.430. The standard InChI is InChI=1S/C28H27BrO5/c1-2-32-25-15-17(13-14-22(25)33-16-18-7-3-4-8-19(18)29)26-27-20(30)9-5-11-23(27)34-24-12-6-10-21(31)28(24)26/h3-4,7-8,13-15,26H,2,5-6,9-12,16H2,1H3. The summed E-state index contributed by atoms with van der Waals surface area (Å²) in [6.07, 6.45) is 4.00. The van der Waals surface area contributed by atoms with E-state index in [1.807, 2.05) is 49.4 Å². The first-order valence-corrected chi connectivity index (χ1v) is 12.7. The SMILES string of the molecule is CCOc1cc(C2C3=C(CCCC3=O)OC3=C2C(=O)CCC3)ccc1OCc1ccccc1Br. The van der Waals surface area contributed by atoms with Crippen LogP contribution in [0.1, 0.15) is 62.5 Å². The number of hydrogen-bond donors (Lipinski definition) is 0. The number of carbonyl (C=O) groups excluding carboxylic acids is 2. The lowest BCUT2D eigenvalue weighted by Crippen LogP contribution is -2.30. The van der Waals surface area contributed by atoms with E-state index in [-0.39, 0.29) is 11.6 Å². The highest BCUT2D eigenvalue weighted by Crippen LogP contribution is 2.48. The molecule has 3 aliphatic rings. The van der Waals surface area contributed by atoms with Crippen LogP contribution in [-0.2, 0) is 20.9 Å². The van der Waals surface area contributed by atoms with Crippen molar-refractivity contribution in [1.29, 1.82) is 0 Å². The Balaban J connectivity index is 1.53. The van der Waals surface area contributed by atoms with Gasteiger partial charge in [0.05, 0.1) is 6.61 Å². The second-order valence-electron chi connectivity index (χ2n) is 8.78. The minimum Gasteiger partial charge on any atom is -0.490 e. The smallest absolute Gasteiger partial charge is 0.163 e. The van der Waals surface area contributed by atoms with Crippen molar-refractivity contribution in [2.24, 2.45) is 0 Å². The van der Waals surface area contributed by atoms with Crippen LogP contribution in [0.15, 0.2) is 69.6 Å². The zero-order valence-electron chi connectivity index (χ0n) is 19.2. The molecule has 0 radical (unpaired) electrons. The summed E-state index contributed by atoms with van der Waals surface area (Å²) >= 11 is 3.56. The average Bonchev–Trinajstić information content (AvgIpc) is 2.83. The topological polar surface area (TPSA) is 61.8 Å². The highest BCUT2D eigenvalue weighted by Gasteiger charge is 2.41. The summed E-state index contributed by atoms with van der Waals surface area (Å²) < 4.78 is 19.2. The zero-order valence-corrected chi connectivity index (χ0v) is 20.8. The number of allylic oxidation sites excluding steroid dienone is 4. The normalized spacial score (nSPS) is 18.4. The minimum atomic E-state index is -0.407. The monoisotopic (exact) mass is 522 g/mol. The van der Waals surface area contributed by atoms with Gasteiger partial charge in [-0.25, -0.2) is 0 Å². The maximum absolute atomic E-state index is 13.0. The van der Waals surface area contributed by atoms with E-state index >= 15 is 0 Å². The molecule has 1 aliphatic heterocycles. The Kier molecular flexibility index (Phi) is 6.59. The molecule has 0 aromatic heterocycles. The average molecular weight is 523 g/mol. The molecule has 2 aliphatic carbocycles. The molecular weight excluding hydrogens is 496 g/mol. The predicted octanol–water partition coefficient (Wildman–Crippen LogP) is 6.55. The lowest BCUT2D eigenvalue weighted by Gasteiger charge is -2.36. The van der Waals surface area contributed by atoms with E-state index in [0.717, 1.165) is 52.8 Å². The molecule has 0 spiro atoms. The molecule has 0 atom stereocenters. The van der Waals surface area contributed by atoms with Crippen LogP contribution in [-0.4, -0.2) is 18.2 Å². The first kappa shape index (κ1) is 22.9. The van der Waals surface area contributed by atoms with Gasteiger partial charge in [0.15, 0.2) is 23.1 Å². The maximum atomic E-state index is 13.0. The third-order valence-corrected chi connectivity index (χ3v) is 7.36. The second kappa shape index (κ2) is 9.79. The predicted molar refractivity (Wildman–Crippen MR) is 132 cm³/mol. The highest BCUT2D eigenvalue weighted by molar-refractivity contribution is 9.10. The van der Waals surface area contributed by atoms with Gasteiger partial charge in [-0.05, 0) is 43.5 Å². The molecule has 1 heterocycles. The summed E-state index contributed by atoms with van der Waals surface area (Å²) in [4.78, 5) is 26.1. The van der Waals surface area contributed by atoms with Gasteiger partial charge in [0.25, 0.3) is 0 Å². The third-order valence-electron chi connectivity index (χ3n) is 6.58. The molecule has 0 fully saturated rings. The van der Waals surface area contributed by atoms with Gasteiger partial charge in [-0.15, -0.1) is 0 Å². The molecule has 0 unspecified atom stereocenters. The van der Waals surface area contributed by atoms with Crippen molar-refractivity contribution in [3.8, 4) is 11.5 Å². The van der Waals surface area contributed by atoms with Gasteiger partial charge in [-0.1, -0.05) is 40.2 Å². The molecule has 5 nitrogen and oxygen atoms in total. The van der Waals surface area contributed by atoms with E-state index in [1.54, 1.807) is 0 Å². The molecule has 34 heavy (non-hydrogen) atoms. The summed E-state index contributed by atoms with van der Waals surface area (Å²) in [6.45, 7) is 2.79. The van der Waals surface area contributed by atoms with E-state index in [1.165, 1.54) is 0 Å². The van der Waals surface area contributed by atoms with Crippen LogP contribution in [0.3, 0.4) is 0 Å². The van der Waals surface area contributed by atoms with Crippen LogP contribution in [0.4, 0.5) is 0 Å². The fourth-order valence-electron chi connectivity index (χ4n) is 5.01. The molecule has 0 bridgehead atoms. The summed E-state index contributed by atoms with van der Waals surface area (Å²) in [5.41, 5.74) is 3.18. The molecule has 0 saturated heterocycles. The lowest BCUT2D eigenvalue weighted by atomic mass is 9.73. The van der Waals surface area contributed by atoms with Crippen molar-refractivity contribution >= 4 is 27.5 Å². The van der Waals surface area contributed by atoms with E-state index in [9.17, 15) is 9.59 Å². The largest absolute Gasteiger partial charge is 0.490 e. The molecule has 176 valence electrons. The first-order valence-electron chi connectivity index (χ1n) is 11.9. The third kappa shape index (κ3) is 4.31. The zero-order chi connectivity index (χ0) is 23.7. The first-order chi connectivity index (χ1) is 16.6. The molecular formula is C28H27BrO5. The van der Waals surface area contributed by atoms with Crippen molar-refractivity contribution in [3.63, 3.8) is 0 Å². The Bertz CT molecular complexity index is 1170. The summed E-state index contributed by atoms with van der Waals surface area (Å²) in [5.74, 6) is 2.45. The van der Waals surface area contributed by atoms with Crippen LogP contribution in [0.25, 0.3) is 0 Å². The minimum absolute atomic E-state index is 0.0726. The van der Waals surface area contributed by atoms with Gasteiger partial charge >= 0.3 is 0 Å². The number of hydrogen-bond acceptors (Lipinski definition) is 5. The molecule has 6 heteroatoms. The summed E-state index contributed by atoms with van der Waals surface area (Å²) in [5, 5.41) is 0. The number of carbonyl (C=O) groups is 2. The van der Waals surface area contributed by atoms with Crippen molar-refractivity contribution in [3.05, 3.63) is 80.7 Å². The van der Waals surface area contributed by atoms with Crippen LogP contribution in [0, 0.1) is 0 Å². The molecule has 0 amide bonds. The number of Topliss-reactive ketones (excluding diaryl/α,β-unsaturated/α-hetero) is 2. The molecule has 5 rings (SSSR count). The van der Waals surface area contributed by atoms with Gasteiger partial charge in [0.2, 0.25) is 0 Å². The van der Waals surface area contributed by atoms with Crippen LogP contribution in [0.5, 0.6) is 11.5 Å². The van der Waals surface area contributed by atoms with Crippen molar-refractivity contribution < 1.29 is 23.8 Å². The Morgan fingerprint density at radius 3 is 2.21 bits per heavy atom. The van der Waals surface area contributed by atoms with E-state index in [4.69, 9.17) is 14.2 Å². The number of rotatable bonds is 6. The number of ether oxygens (including phenoxy) is 3.